The molecule has 1 aliphatic rings. The highest BCUT2D eigenvalue weighted by Gasteiger charge is 2.28. The van der Waals surface area contributed by atoms with Crippen LogP contribution in [-0.4, -0.2) is 51.5 Å². The number of sulfonamides is 1. The van der Waals surface area contributed by atoms with Gasteiger partial charge in [-0.1, -0.05) is 24.3 Å². The molecule has 0 atom stereocenters. The molecule has 0 aromatic heterocycles. The Bertz CT molecular complexity index is 929. The van der Waals surface area contributed by atoms with Crippen molar-refractivity contribution in [2.24, 2.45) is 0 Å². The molecule has 0 bridgehead atoms. The minimum atomic E-state index is -3.67. The van der Waals surface area contributed by atoms with Crippen molar-refractivity contribution >= 4 is 15.9 Å². The summed E-state index contributed by atoms with van der Waals surface area (Å²) in [5, 5.41) is 2.63. The normalized spacial score (nSPS) is 15.2. The Morgan fingerprint density at radius 3 is 2.64 bits per heavy atom. The van der Waals surface area contributed by atoms with Gasteiger partial charge in [0.05, 0.1) is 18.1 Å². The molecular formula is C19H21FN2O5S. The number of hydrogen-bond donors (Lipinski definition) is 1. The van der Waals surface area contributed by atoms with Crippen molar-refractivity contribution in [3.63, 3.8) is 0 Å². The molecule has 1 amide bonds. The molecule has 0 aliphatic carbocycles. The molecule has 1 fully saturated rings. The summed E-state index contributed by atoms with van der Waals surface area (Å²) in [5.74, 6) is -0.659. The van der Waals surface area contributed by atoms with Crippen LogP contribution in [0.5, 0.6) is 5.75 Å². The summed E-state index contributed by atoms with van der Waals surface area (Å²) in [5.41, 5.74) is 0.480. The summed E-state index contributed by atoms with van der Waals surface area (Å²) < 4.78 is 50.7. The molecule has 28 heavy (non-hydrogen) atoms. The number of carbonyl (C=O) groups is 1. The van der Waals surface area contributed by atoms with Crippen molar-refractivity contribution in [3.8, 4) is 5.75 Å². The fraction of sp³-hybridized carbons (Fsp3) is 0.316. The lowest BCUT2D eigenvalue weighted by Gasteiger charge is -2.27. The van der Waals surface area contributed by atoms with Gasteiger partial charge in [0.1, 0.15) is 11.6 Å². The molecule has 1 heterocycles. The Labute approximate surface area is 163 Å². The third-order valence-electron chi connectivity index (χ3n) is 4.20. The summed E-state index contributed by atoms with van der Waals surface area (Å²) in [6.07, 6.45) is 0. The van der Waals surface area contributed by atoms with Crippen molar-refractivity contribution in [3.05, 3.63) is 59.9 Å². The Morgan fingerprint density at radius 2 is 1.89 bits per heavy atom. The predicted molar refractivity (Wildman–Crippen MR) is 99.8 cm³/mol. The van der Waals surface area contributed by atoms with E-state index in [4.69, 9.17) is 9.47 Å². The maximum absolute atomic E-state index is 13.1. The maximum Gasteiger partial charge on any atom is 0.258 e. The van der Waals surface area contributed by atoms with Crippen LogP contribution in [0.3, 0.4) is 0 Å². The topological polar surface area (TPSA) is 84.9 Å². The Kier molecular flexibility index (Phi) is 6.61. The van der Waals surface area contributed by atoms with Crippen molar-refractivity contribution in [1.29, 1.82) is 0 Å². The maximum atomic E-state index is 13.1. The predicted octanol–water partition coefficient (Wildman–Crippen LogP) is 1.54. The second-order valence-corrected chi connectivity index (χ2v) is 8.05. The largest absolute Gasteiger partial charge is 0.484 e. The number of benzene rings is 2. The molecule has 2 aromatic carbocycles. The lowest BCUT2D eigenvalue weighted by atomic mass is 10.2. The molecule has 3 rings (SSSR count). The molecule has 150 valence electrons. The molecule has 1 N–H and O–H groups in total. The van der Waals surface area contributed by atoms with Gasteiger partial charge in [-0.05, 0) is 23.8 Å². The molecule has 7 nitrogen and oxygen atoms in total. The van der Waals surface area contributed by atoms with Crippen LogP contribution >= 0.6 is 0 Å². The summed E-state index contributed by atoms with van der Waals surface area (Å²) in [7, 11) is -3.67. The third kappa shape index (κ3) is 5.06. The van der Waals surface area contributed by atoms with E-state index in [1.54, 1.807) is 24.3 Å². The van der Waals surface area contributed by atoms with Crippen LogP contribution in [0.15, 0.2) is 53.4 Å². The summed E-state index contributed by atoms with van der Waals surface area (Å²) in [6, 6.07) is 12.0. The number of amides is 1. The number of morpholine rings is 1. The molecule has 1 aliphatic heterocycles. The first-order chi connectivity index (χ1) is 13.5. The van der Waals surface area contributed by atoms with Gasteiger partial charge >= 0.3 is 0 Å². The quantitative estimate of drug-likeness (QED) is 0.751. The molecule has 0 radical (unpaired) electrons. The fourth-order valence-electron chi connectivity index (χ4n) is 2.78. The first-order valence-corrected chi connectivity index (χ1v) is 10.2. The van der Waals surface area contributed by atoms with E-state index in [1.807, 2.05) is 0 Å². The van der Waals surface area contributed by atoms with Gasteiger partial charge in [0.2, 0.25) is 10.0 Å². The number of ether oxygens (including phenoxy) is 2. The number of halogens is 1. The van der Waals surface area contributed by atoms with Gasteiger partial charge < -0.3 is 14.8 Å². The minimum absolute atomic E-state index is 0.0328. The highest BCUT2D eigenvalue weighted by molar-refractivity contribution is 7.89. The van der Waals surface area contributed by atoms with Crippen LogP contribution in [0.4, 0.5) is 4.39 Å². The zero-order chi connectivity index (χ0) is 20.0. The smallest absolute Gasteiger partial charge is 0.258 e. The van der Waals surface area contributed by atoms with Gasteiger partial charge in [-0.2, -0.15) is 4.31 Å². The Balaban J connectivity index is 1.62. The highest BCUT2D eigenvalue weighted by atomic mass is 32.2. The molecule has 0 unspecified atom stereocenters. The van der Waals surface area contributed by atoms with Gasteiger partial charge in [-0.3, -0.25) is 4.79 Å². The van der Waals surface area contributed by atoms with Gasteiger partial charge in [0.15, 0.2) is 6.61 Å². The standard InChI is InChI=1S/C19H21FN2O5S/c20-16-5-3-6-17(12-16)27-14-19(23)21-13-15-4-1-2-7-18(15)28(24,25)22-8-10-26-11-9-22/h1-7,12H,8-11,13-14H2,(H,21,23). The number of carbonyl (C=O) groups excluding carboxylic acids is 1. The average Bonchev–Trinajstić information content (AvgIpc) is 2.71. The summed E-state index contributed by atoms with van der Waals surface area (Å²) in [4.78, 5) is 12.2. The lowest BCUT2D eigenvalue weighted by Crippen LogP contribution is -2.41. The van der Waals surface area contributed by atoms with E-state index in [0.717, 1.165) is 0 Å². The molecule has 1 saturated heterocycles. The van der Waals surface area contributed by atoms with Crippen LogP contribution in [0.1, 0.15) is 5.56 Å². The Morgan fingerprint density at radius 1 is 1.14 bits per heavy atom. The number of nitrogens with zero attached hydrogens (tertiary/aromatic N) is 1. The molecular weight excluding hydrogens is 387 g/mol. The van der Waals surface area contributed by atoms with Gasteiger partial charge in [0.25, 0.3) is 5.91 Å². The van der Waals surface area contributed by atoms with E-state index in [2.05, 4.69) is 5.32 Å². The van der Waals surface area contributed by atoms with Crippen LogP contribution < -0.4 is 10.1 Å². The zero-order valence-corrected chi connectivity index (χ0v) is 16.0. The minimum Gasteiger partial charge on any atom is -0.484 e. The SMILES string of the molecule is O=C(COc1cccc(F)c1)NCc1ccccc1S(=O)(=O)N1CCOCC1. The van der Waals surface area contributed by atoms with E-state index in [9.17, 15) is 17.6 Å². The first-order valence-electron chi connectivity index (χ1n) is 8.78. The van der Waals surface area contributed by atoms with Gasteiger partial charge in [-0.25, -0.2) is 12.8 Å². The van der Waals surface area contributed by atoms with Crippen LogP contribution in [0.25, 0.3) is 0 Å². The highest BCUT2D eigenvalue weighted by Crippen LogP contribution is 2.21. The van der Waals surface area contributed by atoms with Crippen LogP contribution in [0.2, 0.25) is 0 Å². The number of rotatable bonds is 7. The van der Waals surface area contributed by atoms with Crippen LogP contribution in [-0.2, 0) is 26.1 Å². The van der Waals surface area contributed by atoms with Crippen molar-refractivity contribution in [2.75, 3.05) is 32.9 Å². The summed E-state index contributed by atoms with van der Waals surface area (Å²) >= 11 is 0. The number of nitrogens with one attached hydrogen (secondary N) is 1. The zero-order valence-electron chi connectivity index (χ0n) is 15.1. The van der Waals surface area contributed by atoms with E-state index < -0.39 is 21.7 Å². The Hall–Kier alpha value is -2.49. The lowest BCUT2D eigenvalue weighted by molar-refractivity contribution is -0.123. The van der Waals surface area contributed by atoms with Crippen molar-refractivity contribution in [2.45, 2.75) is 11.4 Å². The van der Waals surface area contributed by atoms with E-state index >= 15 is 0 Å². The number of hydrogen-bond acceptors (Lipinski definition) is 5. The third-order valence-corrected chi connectivity index (χ3v) is 6.20. The van der Waals surface area contributed by atoms with Crippen LogP contribution in [0, 0.1) is 5.82 Å². The van der Waals surface area contributed by atoms with E-state index in [-0.39, 0.29) is 23.8 Å². The first kappa shape index (κ1) is 20.2. The molecule has 2 aromatic rings. The van der Waals surface area contributed by atoms with Crippen molar-refractivity contribution in [1.82, 2.24) is 9.62 Å². The fourth-order valence-corrected chi connectivity index (χ4v) is 4.41. The molecule has 0 saturated carbocycles. The second kappa shape index (κ2) is 9.13. The second-order valence-electron chi connectivity index (χ2n) is 6.15. The van der Waals surface area contributed by atoms with E-state index in [1.165, 1.54) is 28.6 Å². The van der Waals surface area contributed by atoms with Crippen molar-refractivity contribution < 1.29 is 27.1 Å². The monoisotopic (exact) mass is 408 g/mol. The van der Waals surface area contributed by atoms with Gasteiger partial charge in [0, 0.05) is 25.7 Å². The summed E-state index contributed by atoms with van der Waals surface area (Å²) in [6.45, 7) is 1.03. The van der Waals surface area contributed by atoms with E-state index in [0.29, 0.717) is 31.9 Å². The average molecular weight is 408 g/mol. The van der Waals surface area contributed by atoms with Gasteiger partial charge in [-0.15, -0.1) is 0 Å². The molecule has 0 spiro atoms. The molecule has 9 heteroatoms.